The van der Waals surface area contributed by atoms with Gasteiger partial charge in [-0.2, -0.15) is 20.2 Å². The molecule has 0 fully saturated rings. The first-order valence-corrected chi connectivity index (χ1v) is 4.26. The van der Waals surface area contributed by atoms with Crippen LogP contribution in [0.3, 0.4) is 0 Å². The maximum Gasteiger partial charge on any atom is 0.237 e. The number of aromatic nitrogens is 3. The first-order valence-electron chi connectivity index (χ1n) is 4.26. The molecule has 0 saturated carbocycles. The van der Waals surface area contributed by atoms with Gasteiger partial charge in [0.25, 0.3) is 0 Å². The molecule has 0 saturated heterocycles. The molecule has 72 valence electrons. The van der Waals surface area contributed by atoms with Gasteiger partial charge in [0.1, 0.15) is 6.07 Å². The summed E-state index contributed by atoms with van der Waals surface area (Å²) in [5, 5.41) is 8.68. The lowest BCUT2D eigenvalue weighted by molar-refractivity contribution is 1.04. The van der Waals surface area contributed by atoms with Crippen LogP contribution in [0.2, 0.25) is 0 Å². The predicted octanol–water partition coefficient (Wildman–Crippen LogP) is 0.992. The van der Waals surface area contributed by atoms with Crippen LogP contribution in [0.1, 0.15) is 5.82 Å². The number of nitrogens with two attached hydrogens (primary N) is 1. The van der Waals surface area contributed by atoms with Crippen molar-refractivity contribution < 1.29 is 0 Å². The Kier molecular flexibility index (Phi) is 2.25. The fourth-order valence-corrected chi connectivity index (χ4v) is 1.16. The van der Waals surface area contributed by atoms with Crippen molar-refractivity contribution in [3.63, 3.8) is 0 Å². The Labute approximate surface area is 86.2 Å². The number of nitriles is 1. The molecular formula is C10H7N5. The summed E-state index contributed by atoms with van der Waals surface area (Å²) in [6.07, 6.45) is 0. The fourth-order valence-electron chi connectivity index (χ4n) is 1.16. The van der Waals surface area contributed by atoms with Crippen molar-refractivity contribution in [1.29, 1.82) is 5.26 Å². The molecule has 0 unspecified atom stereocenters. The normalized spacial score (nSPS) is 9.53. The number of benzene rings is 1. The lowest BCUT2D eigenvalue weighted by Crippen LogP contribution is -2.02. The number of rotatable bonds is 1. The Hall–Kier alpha value is -2.48. The summed E-state index contributed by atoms with van der Waals surface area (Å²) in [4.78, 5) is 11.6. The zero-order valence-corrected chi connectivity index (χ0v) is 7.75. The van der Waals surface area contributed by atoms with Crippen LogP contribution in [0.25, 0.3) is 11.4 Å². The van der Waals surface area contributed by atoms with E-state index in [1.165, 1.54) is 0 Å². The Bertz CT molecular complexity index is 515. The molecule has 0 aliphatic carbocycles. The molecule has 0 aliphatic heterocycles. The molecule has 5 heteroatoms. The monoisotopic (exact) mass is 197 g/mol. The molecule has 0 radical (unpaired) electrons. The highest BCUT2D eigenvalue weighted by atomic mass is 15.1. The highest BCUT2D eigenvalue weighted by molar-refractivity contribution is 5.55. The van der Waals surface area contributed by atoms with Gasteiger partial charge in [-0.15, -0.1) is 0 Å². The molecule has 15 heavy (non-hydrogen) atoms. The first-order chi connectivity index (χ1) is 7.29. The fraction of sp³-hybridized carbons (Fsp3) is 0. The van der Waals surface area contributed by atoms with E-state index in [4.69, 9.17) is 11.0 Å². The standard InChI is InChI=1S/C10H7N5/c11-6-8-13-9(15-10(12)14-8)7-4-2-1-3-5-7/h1-5H,(H2,12,13,14,15). The van der Waals surface area contributed by atoms with Gasteiger partial charge in [0, 0.05) is 5.56 Å². The highest BCUT2D eigenvalue weighted by Gasteiger charge is 2.05. The second-order valence-electron chi connectivity index (χ2n) is 2.82. The average Bonchev–Trinajstić information content (AvgIpc) is 2.29. The third kappa shape index (κ3) is 1.89. The minimum absolute atomic E-state index is 0.0290. The van der Waals surface area contributed by atoms with Gasteiger partial charge in [-0.1, -0.05) is 30.3 Å². The molecule has 0 aliphatic rings. The molecule has 2 rings (SSSR count). The maximum atomic E-state index is 8.68. The van der Waals surface area contributed by atoms with E-state index in [1.54, 1.807) is 0 Å². The quantitative estimate of drug-likeness (QED) is 0.736. The molecular weight excluding hydrogens is 190 g/mol. The van der Waals surface area contributed by atoms with Crippen molar-refractivity contribution in [1.82, 2.24) is 15.0 Å². The minimum Gasteiger partial charge on any atom is -0.368 e. The van der Waals surface area contributed by atoms with E-state index in [2.05, 4.69) is 15.0 Å². The average molecular weight is 197 g/mol. The molecule has 1 aromatic carbocycles. The van der Waals surface area contributed by atoms with Crippen molar-refractivity contribution in [2.45, 2.75) is 0 Å². The molecule has 0 bridgehead atoms. The highest BCUT2D eigenvalue weighted by Crippen LogP contribution is 2.14. The van der Waals surface area contributed by atoms with Crippen LogP contribution in [0, 0.1) is 11.3 Å². The van der Waals surface area contributed by atoms with Gasteiger partial charge < -0.3 is 5.73 Å². The summed E-state index contributed by atoms with van der Waals surface area (Å²) in [6.45, 7) is 0. The van der Waals surface area contributed by atoms with E-state index in [1.807, 2.05) is 36.4 Å². The third-order valence-corrected chi connectivity index (χ3v) is 1.78. The second kappa shape index (κ2) is 3.72. The van der Waals surface area contributed by atoms with E-state index in [0.29, 0.717) is 5.82 Å². The molecule has 2 aromatic rings. The van der Waals surface area contributed by atoms with Gasteiger partial charge in [0.15, 0.2) is 5.82 Å². The molecule has 1 heterocycles. The van der Waals surface area contributed by atoms with Gasteiger partial charge in [0.05, 0.1) is 0 Å². The van der Waals surface area contributed by atoms with Crippen LogP contribution in [0.5, 0.6) is 0 Å². The summed E-state index contributed by atoms with van der Waals surface area (Å²) in [5.41, 5.74) is 6.27. The Balaban J connectivity index is 2.55. The summed E-state index contributed by atoms with van der Waals surface area (Å²) in [5.74, 6) is 0.501. The number of nitrogens with zero attached hydrogens (tertiary/aromatic N) is 4. The van der Waals surface area contributed by atoms with Gasteiger partial charge in [-0.05, 0) is 0 Å². The number of hydrogen-bond acceptors (Lipinski definition) is 5. The van der Waals surface area contributed by atoms with Crippen LogP contribution in [0.15, 0.2) is 30.3 Å². The van der Waals surface area contributed by atoms with E-state index < -0.39 is 0 Å². The van der Waals surface area contributed by atoms with Crippen LogP contribution < -0.4 is 5.73 Å². The summed E-state index contributed by atoms with van der Waals surface area (Å²) >= 11 is 0. The smallest absolute Gasteiger partial charge is 0.237 e. The van der Waals surface area contributed by atoms with E-state index in [-0.39, 0.29) is 11.8 Å². The second-order valence-corrected chi connectivity index (χ2v) is 2.82. The van der Waals surface area contributed by atoms with Crippen LogP contribution in [0.4, 0.5) is 5.95 Å². The lowest BCUT2D eigenvalue weighted by atomic mass is 10.2. The van der Waals surface area contributed by atoms with Crippen LogP contribution in [-0.4, -0.2) is 15.0 Å². The zero-order valence-electron chi connectivity index (χ0n) is 7.75. The Morgan fingerprint density at radius 1 is 1.07 bits per heavy atom. The van der Waals surface area contributed by atoms with Crippen molar-refractivity contribution in [3.05, 3.63) is 36.2 Å². The van der Waals surface area contributed by atoms with E-state index in [9.17, 15) is 0 Å². The molecule has 2 N–H and O–H groups in total. The summed E-state index contributed by atoms with van der Waals surface area (Å²) < 4.78 is 0. The topological polar surface area (TPSA) is 88.5 Å². The molecule has 0 atom stereocenters. The van der Waals surface area contributed by atoms with Crippen molar-refractivity contribution in [2.75, 3.05) is 5.73 Å². The molecule has 5 nitrogen and oxygen atoms in total. The van der Waals surface area contributed by atoms with Crippen molar-refractivity contribution >= 4 is 5.95 Å². The molecule has 1 aromatic heterocycles. The van der Waals surface area contributed by atoms with Crippen molar-refractivity contribution in [3.8, 4) is 17.5 Å². The van der Waals surface area contributed by atoms with Gasteiger partial charge in [0.2, 0.25) is 11.8 Å². The van der Waals surface area contributed by atoms with E-state index >= 15 is 0 Å². The minimum atomic E-state index is 0.0290. The van der Waals surface area contributed by atoms with Crippen molar-refractivity contribution in [2.24, 2.45) is 0 Å². The van der Waals surface area contributed by atoms with Crippen LogP contribution in [-0.2, 0) is 0 Å². The van der Waals surface area contributed by atoms with Gasteiger partial charge >= 0.3 is 0 Å². The maximum absolute atomic E-state index is 8.68. The summed E-state index contributed by atoms with van der Waals surface area (Å²) in [7, 11) is 0. The number of anilines is 1. The third-order valence-electron chi connectivity index (χ3n) is 1.78. The zero-order chi connectivity index (χ0) is 10.7. The van der Waals surface area contributed by atoms with Gasteiger partial charge in [-0.3, -0.25) is 0 Å². The Morgan fingerprint density at radius 2 is 1.80 bits per heavy atom. The molecule has 0 amide bonds. The SMILES string of the molecule is N#Cc1nc(N)nc(-c2ccccc2)n1. The lowest BCUT2D eigenvalue weighted by Gasteiger charge is -2.00. The van der Waals surface area contributed by atoms with Gasteiger partial charge in [-0.25, -0.2) is 0 Å². The van der Waals surface area contributed by atoms with E-state index in [0.717, 1.165) is 5.56 Å². The number of nitrogen functional groups attached to an aromatic ring is 1. The largest absolute Gasteiger partial charge is 0.368 e. The summed E-state index contributed by atoms with van der Waals surface area (Å²) in [6, 6.07) is 11.1. The first kappa shape index (κ1) is 9.09. The van der Waals surface area contributed by atoms with Crippen LogP contribution >= 0.6 is 0 Å². The predicted molar refractivity (Wildman–Crippen MR) is 54.4 cm³/mol. The molecule has 0 spiro atoms. The Morgan fingerprint density at radius 3 is 2.47 bits per heavy atom. The number of hydrogen-bond donors (Lipinski definition) is 1.